The van der Waals surface area contributed by atoms with Crippen LogP contribution in [0, 0.1) is 0 Å². The molecule has 2 atom stereocenters. The maximum Gasteiger partial charge on any atom is 0.245 e. The second kappa shape index (κ2) is 6.62. The molecule has 4 nitrogen and oxygen atoms in total. The van der Waals surface area contributed by atoms with E-state index in [1.165, 1.54) is 0 Å². The molecule has 17 heavy (non-hydrogen) atoms. The highest BCUT2D eigenvalue weighted by atomic mass is 16.2. The summed E-state index contributed by atoms with van der Waals surface area (Å²) in [6.07, 6.45) is 4.39. The first-order valence-electron chi connectivity index (χ1n) is 6.70. The lowest BCUT2D eigenvalue weighted by molar-refractivity contribution is -0.135. The highest BCUT2D eigenvalue weighted by Gasteiger charge is 2.30. The lowest BCUT2D eigenvalue weighted by Crippen LogP contribution is -2.47. The van der Waals surface area contributed by atoms with Gasteiger partial charge in [0.15, 0.2) is 0 Å². The molecule has 1 rings (SSSR count). The van der Waals surface area contributed by atoms with Gasteiger partial charge in [-0.15, -0.1) is 0 Å². The van der Waals surface area contributed by atoms with Gasteiger partial charge in [-0.1, -0.05) is 26.7 Å². The van der Waals surface area contributed by atoms with Gasteiger partial charge in [0, 0.05) is 19.0 Å². The van der Waals surface area contributed by atoms with Crippen LogP contribution in [0.25, 0.3) is 0 Å². The van der Waals surface area contributed by atoms with Crippen molar-refractivity contribution in [3.05, 3.63) is 0 Å². The molecule has 1 N–H and O–H groups in total. The average Bonchev–Trinajstić information content (AvgIpc) is 2.46. The third-order valence-electron chi connectivity index (χ3n) is 3.41. The molecule has 0 spiro atoms. The van der Waals surface area contributed by atoms with Crippen molar-refractivity contribution in [1.82, 2.24) is 10.2 Å². The summed E-state index contributed by atoms with van der Waals surface area (Å²) in [7, 11) is 0. The first kappa shape index (κ1) is 14.0. The summed E-state index contributed by atoms with van der Waals surface area (Å²) in [5.41, 5.74) is 0. The van der Waals surface area contributed by atoms with Crippen molar-refractivity contribution in [2.75, 3.05) is 6.54 Å². The average molecular weight is 240 g/mol. The summed E-state index contributed by atoms with van der Waals surface area (Å²) < 4.78 is 0. The van der Waals surface area contributed by atoms with Gasteiger partial charge in [-0.2, -0.15) is 0 Å². The molecule has 0 bridgehead atoms. The Bertz CT molecular complexity index is 279. The number of nitrogens with zero attached hydrogens (tertiary/aromatic N) is 1. The zero-order valence-corrected chi connectivity index (χ0v) is 11.2. The van der Waals surface area contributed by atoms with Crippen LogP contribution in [0.2, 0.25) is 0 Å². The van der Waals surface area contributed by atoms with Crippen molar-refractivity contribution in [3.63, 3.8) is 0 Å². The topological polar surface area (TPSA) is 49.4 Å². The van der Waals surface area contributed by atoms with Gasteiger partial charge in [0.1, 0.15) is 6.04 Å². The molecular weight excluding hydrogens is 216 g/mol. The number of carbonyl (C=O) groups is 2. The predicted molar refractivity (Wildman–Crippen MR) is 67.5 cm³/mol. The SMILES string of the molecule is CCCCC(C)N1CCC(=O)NC(CC)C1=O. The fraction of sp³-hybridized carbons (Fsp3) is 0.846. The number of carbonyl (C=O) groups excluding carboxylic acids is 2. The van der Waals surface area contributed by atoms with Crippen LogP contribution in [0.4, 0.5) is 0 Å². The van der Waals surface area contributed by atoms with Crippen LogP contribution in [-0.2, 0) is 9.59 Å². The van der Waals surface area contributed by atoms with E-state index in [2.05, 4.69) is 19.2 Å². The molecule has 4 heteroatoms. The van der Waals surface area contributed by atoms with Gasteiger partial charge < -0.3 is 10.2 Å². The van der Waals surface area contributed by atoms with Crippen molar-refractivity contribution in [1.29, 1.82) is 0 Å². The van der Waals surface area contributed by atoms with Crippen LogP contribution in [0.5, 0.6) is 0 Å². The van der Waals surface area contributed by atoms with Gasteiger partial charge in [0.05, 0.1) is 0 Å². The molecule has 2 unspecified atom stereocenters. The predicted octanol–water partition coefficient (Wildman–Crippen LogP) is 1.69. The van der Waals surface area contributed by atoms with Crippen LogP contribution in [0.1, 0.15) is 52.9 Å². The number of rotatable bonds is 5. The van der Waals surface area contributed by atoms with E-state index in [9.17, 15) is 9.59 Å². The van der Waals surface area contributed by atoms with E-state index < -0.39 is 0 Å². The van der Waals surface area contributed by atoms with Gasteiger partial charge >= 0.3 is 0 Å². The van der Waals surface area contributed by atoms with E-state index in [0.29, 0.717) is 19.4 Å². The normalized spacial score (nSPS) is 23.2. The number of unbranched alkanes of at least 4 members (excludes halogenated alkanes) is 1. The molecule has 0 aromatic rings. The first-order chi connectivity index (χ1) is 8.10. The van der Waals surface area contributed by atoms with Gasteiger partial charge in [-0.3, -0.25) is 9.59 Å². The third kappa shape index (κ3) is 3.72. The van der Waals surface area contributed by atoms with E-state index in [1.807, 2.05) is 11.8 Å². The Morgan fingerprint density at radius 1 is 1.41 bits per heavy atom. The Morgan fingerprint density at radius 2 is 2.12 bits per heavy atom. The molecule has 98 valence electrons. The lowest BCUT2D eigenvalue weighted by Gasteiger charge is -2.29. The van der Waals surface area contributed by atoms with Crippen molar-refractivity contribution in [2.24, 2.45) is 0 Å². The smallest absolute Gasteiger partial charge is 0.245 e. The highest BCUT2D eigenvalue weighted by Crippen LogP contribution is 2.14. The van der Waals surface area contributed by atoms with Gasteiger partial charge in [0.25, 0.3) is 0 Å². The lowest BCUT2D eigenvalue weighted by atomic mass is 10.1. The van der Waals surface area contributed by atoms with Gasteiger partial charge in [-0.25, -0.2) is 0 Å². The molecule has 1 fully saturated rings. The Balaban J connectivity index is 2.68. The number of hydrogen-bond acceptors (Lipinski definition) is 2. The van der Waals surface area contributed by atoms with E-state index in [4.69, 9.17) is 0 Å². The summed E-state index contributed by atoms with van der Waals surface area (Å²) in [5, 5.41) is 2.79. The van der Waals surface area contributed by atoms with Crippen LogP contribution in [0.3, 0.4) is 0 Å². The van der Waals surface area contributed by atoms with Crippen LogP contribution >= 0.6 is 0 Å². The molecule has 2 amide bonds. The van der Waals surface area contributed by atoms with E-state index >= 15 is 0 Å². The summed E-state index contributed by atoms with van der Waals surface area (Å²) in [4.78, 5) is 25.6. The zero-order chi connectivity index (χ0) is 12.8. The van der Waals surface area contributed by atoms with E-state index in [-0.39, 0.29) is 23.9 Å². The van der Waals surface area contributed by atoms with Crippen molar-refractivity contribution in [3.8, 4) is 0 Å². The molecule has 1 aliphatic heterocycles. The van der Waals surface area contributed by atoms with E-state index in [0.717, 1.165) is 19.3 Å². The van der Waals surface area contributed by atoms with Gasteiger partial charge in [-0.05, 0) is 19.8 Å². The second-order valence-corrected chi connectivity index (χ2v) is 4.80. The standard InChI is InChI=1S/C13H24N2O2/c1-4-6-7-10(3)15-9-8-12(16)14-11(5-2)13(15)17/h10-11H,4-9H2,1-3H3,(H,14,16). The number of amides is 2. The molecule has 0 aliphatic carbocycles. The molecule has 0 aromatic heterocycles. The minimum absolute atomic E-state index is 0.00427. The largest absolute Gasteiger partial charge is 0.344 e. The third-order valence-corrected chi connectivity index (χ3v) is 3.41. The quantitative estimate of drug-likeness (QED) is 0.795. The highest BCUT2D eigenvalue weighted by molar-refractivity contribution is 5.90. The molecule has 1 heterocycles. The molecular formula is C13H24N2O2. The Kier molecular flexibility index (Phi) is 5.45. The van der Waals surface area contributed by atoms with Crippen LogP contribution in [0.15, 0.2) is 0 Å². The minimum Gasteiger partial charge on any atom is -0.344 e. The fourth-order valence-electron chi connectivity index (χ4n) is 2.23. The number of hydrogen-bond donors (Lipinski definition) is 1. The Hall–Kier alpha value is -1.06. The summed E-state index contributed by atoms with van der Waals surface area (Å²) in [6, 6.07) is -0.0849. The summed E-state index contributed by atoms with van der Waals surface area (Å²) in [6.45, 7) is 6.72. The van der Waals surface area contributed by atoms with Crippen LogP contribution in [-0.4, -0.2) is 35.3 Å². The summed E-state index contributed by atoms with van der Waals surface area (Å²) in [5.74, 6) is 0.0809. The zero-order valence-electron chi connectivity index (χ0n) is 11.2. The van der Waals surface area contributed by atoms with Gasteiger partial charge in [0.2, 0.25) is 11.8 Å². The Labute approximate surface area is 104 Å². The fourth-order valence-corrected chi connectivity index (χ4v) is 2.23. The molecule has 0 saturated carbocycles. The van der Waals surface area contributed by atoms with E-state index in [1.54, 1.807) is 0 Å². The molecule has 0 radical (unpaired) electrons. The van der Waals surface area contributed by atoms with Crippen LogP contribution < -0.4 is 5.32 Å². The van der Waals surface area contributed by atoms with Crippen molar-refractivity contribution in [2.45, 2.75) is 65.0 Å². The maximum atomic E-state index is 12.2. The molecule has 1 aliphatic rings. The minimum atomic E-state index is -0.325. The molecule has 0 aromatic carbocycles. The first-order valence-corrected chi connectivity index (χ1v) is 6.70. The maximum absolute atomic E-state index is 12.2. The second-order valence-electron chi connectivity index (χ2n) is 4.80. The van der Waals surface area contributed by atoms with Crippen molar-refractivity contribution < 1.29 is 9.59 Å². The monoisotopic (exact) mass is 240 g/mol. The molecule has 1 saturated heterocycles. The number of nitrogens with one attached hydrogen (secondary N) is 1. The summed E-state index contributed by atoms with van der Waals surface area (Å²) >= 11 is 0. The van der Waals surface area contributed by atoms with Crippen molar-refractivity contribution >= 4 is 11.8 Å². The Morgan fingerprint density at radius 3 is 2.71 bits per heavy atom.